The number of carbonyl (C=O) groups excluding carboxylic acids is 2. The third kappa shape index (κ3) is 17.2. The second-order valence-corrected chi connectivity index (χ2v) is 10.4. The second kappa shape index (κ2) is 20.2. The largest absolute Gasteiger partial charge is 0.480 e. The summed E-state index contributed by atoms with van der Waals surface area (Å²) in [6.07, 6.45) is 10.6. The topological polar surface area (TPSA) is 133 Å². The van der Waals surface area contributed by atoms with Gasteiger partial charge in [0.2, 0.25) is 11.8 Å². The van der Waals surface area contributed by atoms with Crippen molar-refractivity contribution in [3.8, 4) is 0 Å². The van der Waals surface area contributed by atoms with Gasteiger partial charge in [0.25, 0.3) is 0 Å². The molecule has 0 radical (unpaired) electrons. The average molecular weight is 493 g/mol. The molecular formula is C22H40N2O6S2. The van der Waals surface area contributed by atoms with Crippen LogP contribution in [0.5, 0.6) is 0 Å². The lowest BCUT2D eigenvalue weighted by molar-refractivity contribution is -0.141. The molecule has 186 valence electrons. The molecule has 0 rings (SSSR count). The fourth-order valence-electron chi connectivity index (χ4n) is 2.89. The van der Waals surface area contributed by atoms with Crippen molar-refractivity contribution < 1.29 is 29.4 Å². The number of carboxylic acid groups (broad SMARTS) is 2. The number of carboxylic acids is 2. The zero-order chi connectivity index (χ0) is 24.2. The molecule has 10 heteroatoms. The predicted molar refractivity (Wildman–Crippen MR) is 131 cm³/mol. The van der Waals surface area contributed by atoms with E-state index in [1.807, 2.05) is 0 Å². The van der Waals surface area contributed by atoms with Crippen molar-refractivity contribution in [2.24, 2.45) is 0 Å². The summed E-state index contributed by atoms with van der Waals surface area (Å²) in [5.41, 5.74) is 0. The van der Waals surface area contributed by atoms with Crippen molar-refractivity contribution in [3.63, 3.8) is 0 Å². The van der Waals surface area contributed by atoms with E-state index in [4.69, 9.17) is 0 Å². The molecule has 0 aliphatic carbocycles. The van der Waals surface area contributed by atoms with Gasteiger partial charge in [0.15, 0.2) is 0 Å². The molecule has 0 aromatic carbocycles. The fraction of sp³-hybridized carbons (Fsp3) is 0.818. The van der Waals surface area contributed by atoms with Crippen LogP contribution in [-0.4, -0.2) is 57.6 Å². The van der Waals surface area contributed by atoms with Crippen LogP contribution in [-0.2, 0) is 19.2 Å². The Balaban J connectivity index is 4.22. The monoisotopic (exact) mass is 492 g/mol. The number of hydrogen-bond donors (Lipinski definition) is 4. The Kier molecular flexibility index (Phi) is 19.3. The highest BCUT2D eigenvalue weighted by molar-refractivity contribution is 8.76. The maximum atomic E-state index is 12.0. The van der Waals surface area contributed by atoms with Crippen molar-refractivity contribution in [1.82, 2.24) is 10.6 Å². The van der Waals surface area contributed by atoms with Gasteiger partial charge in [-0.3, -0.25) is 9.59 Å². The number of unbranched alkanes of at least 4 members (excludes halogenated alkanes) is 8. The van der Waals surface area contributed by atoms with E-state index in [2.05, 4.69) is 24.5 Å². The predicted octanol–water partition coefficient (Wildman–Crippen LogP) is 4.23. The number of rotatable bonds is 21. The van der Waals surface area contributed by atoms with E-state index >= 15 is 0 Å². The van der Waals surface area contributed by atoms with E-state index in [9.17, 15) is 29.4 Å². The van der Waals surface area contributed by atoms with E-state index in [1.54, 1.807) is 0 Å². The van der Waals surface area contributed by atoms with E-state index in [0.29, 0.717) is 12.8 Å². The van der Waals surface area contributed by atoms with Crippen molar-refractivity contribution in [1.29, 1.82) is 0 Å². The lowest BCUT2D eigenvalue weighted by atomic mass is 10.1. The van der Waals surface area contributed by atoms with Gasteiger partial charge < -0.3 is 20.8 Å². The van der Waals surface area contributed by atoms with Gasteiger partial charge in [-0.25, -0.2) is 9.59 Å². The fourth-order valence-corrected chi connectivity index (χ4v) is 5.20. The number of amides is 2. The minimum absolute atomic E-state index is 0.110. The van der Waals surface area contributed by atoms with Gasteiger partial charge >= 0.3 is 11.9 Å². The van der Waals surface area contributed by atoms with Crippen molar-refractivity contribution >= 4 is 45.3 Å². The Bertz CT molecular complexity index is 515. The van der Waals surface area contributed by atoms with Crippen molar-refractivity contribution in [3.05, 3.63) is 0 Å². The first-order valence-corrected chi connectivity index (χ1v) is 14.1. The molecule has 0 saturated heterocycles. The highest BCUT2D eigenvalue weighted by Crippen LogP contribution is 2.23. The van der Waals surface area contributed by atoms with Gasteiger partial charge in [-0.1, -0.05) is 86.8 Å². The molecule has 2 amide bonds. The molecule has 0 saturated carbocycles. The summed E-state index contributed by atoms with van der Waals surface area (Å²) in [5, 5.41) is 23.7. The van der Waals surface area contributed by atoms with E-state index in [-0.39, 0.29) is 23.3 Å². The van der Waals surface area contributed by atoms with Crippen molar-refractivity contribution in [2.45, 2.75) is 103 Å². The Morgan fingerprint density at radius 3 is 1.28 bits per heavy atom. The van der Waals surface area contributed by atoms with Crippen LogP contribution in [0, 0.1) is 0 Å². The SMILES string of the molecule is CCCCCCCC(=O)NC(CSSC[C@H](NC(=O)CCCCCCC)C(=O)O)C(=O)O. The summed E-state index contributed by atoms with van der Waals surface area (Å²) >= 11 is 0. The van der Waals surface area contributed by atoms with Gasteiger partial charge in [0.05, 0.1) is 0 Å². The van der Waals surface area contributed by atoms with Crippen LogP contribution in [0.4, 0.5) is 0 Å². The lowest BCUT2D eigenvalue weighted by Crippen LogP contribution is -2.43. The molecule has 2 atom stereocenters. The maximum absolute atomic E-state index is 12.0. The highest BCUT2D eigenvalue weighted by atomic mass is 33.1. The molecule has 0 fully saturated rings. The van der Waals surface area contributed by atoms with E-state index in [0.717, 1.165) is 64.2 Å². The maximum Gasteiger partial charge on any atom is 0.327 e. The third-order valence-electron chi connectivity index (χ3n) is 4.83. The normalized spacial score (nSPS) is 12.7. The molecule has 0 aliphatic rings. The molecular weight excluding hydrogens is 452 g/mol. The molecule has 8 nitrogen and oxygen atoms in total. The molecule has 0 heterocycles. The van der Waals surface area contributed by atoms with E-state index < -0.39 is 24.0 Å². The molecule has 0 aromatic rings. The summed E-state index contributed by atoms with van der Waals surface area (Å²) in [7, 11) is 2.35. The van der Waals surface area contributed by atoms with Gasteiger partial charge in [-0.15, -0.1) is 0 Å². The molecule has 0 aliphatic heterocycles. The van der Waals surface area contributed by atoms with Gasteiger partial charge in [-0.05, 0) is 12.8 Å². The smallest absolute Gasteiger partial charge is 0.327 e. The number of nitrogens with one attached hydrogen (secondary N) is 2. The average Bonchev–Trinajstić information content (AvgIpc) is 2.74. The molecule has 0 aromatic heterocycles. The Morgan fingerprint density at radius 2 is 0.969 bits per heavy atom. The van der Waals surface area contributed by atoms with Crippen LogP contribution < -0.4 is 10.6 Å². The summed E-state index contributed by atoms with van der Waals surface area (Å²) in [4.78, 5) is 46.8. The minimum Gasteiger partial charge on any atom is -0.480 e. The summed E-state index contributed by atoms with van der Waals surface area (Å²) < 4.78 is 0. The molecule has 0 bridgehead atoms. The van der Waals surface area contributed by atoms with E-state index in [1.165, 1.54) is 21.6 Å². The van der Waals surface area contributed by atoms with Crippen LogP contribution in [0.1, 0.15) is 90.9 Å². The highest BCUT2D eigenvalue weighted by Gasteiger charge is 2.22. The van der Waals surface area contributed by atoms with Crippen molar-refractivity contribution in [2.75, 3.05) is 11.5 Å². The number of hydrogen-bond acceptors (Lipinski definition) is 6. The van der Waals surface area contributed by atoms with Gasteiger partial charge in [0.1, 0.15) is 12.1 Å². The third-order valence-corrected chi connectivity index (χ3v) is 7.26. The molecule has 0 spiro atoms. The minimum atomic E-state index is -1.12. The van der Waals surface area contributed by atoms with Crippen LogP contribution in [0.25, 0.3) is 0 Å². The number of carbonyl (C=O) groups is 4. The molecule has 32 heavy (non-hydrogen) atoms. The molecule has 4 N–H and O–H groups in total. The molecule has 1 unspecified atom stereocenters. The first-order chi connectivity index (χ1) is 15.3. The quantitative estimate of drug-likeness (QED) is 0.138. The lowest BCUT2D eigenvalue weighted by Gasteiger charge is -2.16. The first-order valence-electron chi connectivity index (χ1n) is 11.6. The zero-order valence-electron chi connectivity index (χ0n) is 19.4. The first kappa shape index (κ1) is 30.6. The summed E-state index contributed by atoms with van der Waals surface area (Å²) in [6.45, 7) is 4.23. The number of aliphatic carboxylic acids is 2. The second-order valence-electron chi connectivity index (χ2n) is 7.81. The standard InChI is InChI=1S/C22H40N2O6S2/c1-3-5-7-9-11-13-19(25)23-17(21(27)28)15-31-32-16-18(22(29)30)24-20(26)14-12-10-8-6-4-2/h17-18H,3-16H2,1-2H3,(H,23,25)(H,24,26)(H,27,28)(H,29,30)/t17-,18?/m0/s1. The summed E-state index contributed by atoms with van der Waals surface area (Å²) in [6, 6.07) is -2.06. The summed E-state index contributed by atoms with van der Waals surface area (Å²) in [5.74, 6) is -2.59. The van der Waals surface area contributed by atoms with Crippen LogP contribution in [0.2, 0.25) is 0 Å². The Hall–Kier alpha value is -1.42. The van der Waals surface area contributed by atoms with Gasteiger partial charge in [-0.2, -0.15) is 0 Å². The zero-order valence-corrected chi connectivity index (χ0v) is 21.0. The Morgan fingerprint density at radius 1 is 0.625 bits per heavy atom. The van der Waals surface area contributed by atoms with Crippen LogP contribution >= 0.6 is 21.6 Å². The van der Waals surface area contributed by atoms with Gasteiger partial charge in [0, 0.05) is 24.3 Å². The van der Waals surface area contributed by atoms with Crippen LogP contribution in [0.3, 0.4) is 0 Å². The Labute approximate surface area is 199 Å². The van der Waals surface area contributed by atoms with Crippen LogP contribution in [0.15, 0.2) is 0 Å².